The van der Waals surface area contributed by atoms with E-state index in [9.17, 15) is 10.1 Å². The Hall–Kier alpha value is -3.06. The molecule has 0 radical (unpaired) electrons. The fourth-order valence-corrected chi connectivity index (χ4v) is 3.66. The van der Waals surface area contributed by atoms with Crippen molar-refractivity contribution in [1.29, 1.82) is 0 Å². The zero-order chi connectivity index (χ0) is 22.4. The molecule has 2 N–H and O–H groups in total. The predicted octanol–water partition coefficient (Wildman–Crippen LogP) is 5.01. The fourth-order valence-electron chi connectivity index (χ4n) is 3.66. The van der Waals surface area contributed by atoms with Crippen LogP contribution in [0.4, 0.5) is 5.69 Å². The quantitative estimate of drug-likeness (QED) is 0.365. The maximum atomic E-state index is 10.8. The van der Waals surface area contributed by atoms with E-state index in [1.54, 1.807) is 12.1 Å². The first kappa shape index (κ1) is 22.6. The summed E-state index contributed by atoms with van der Waals surface area (Å²) in [6.07, 6.45) is 3.54. The van der Waals surface area contributed by atoms with E-state index in [1.165, 1.54) is 36.1 Å². The number of hydrogen-bond donors (Lipinski definition) is 1. The minimum atomic E-state index is -0.428. The molecule has 0 saturated carbocycles. The molecule has 1 aromatic heterocycles. The third-order valence-electron chi connectivity index (χ3n) is 5.55. The molecule has 0 spiro atoms. The molecule has 164 valence electrons. The molecule has 3 rings (SSSR count). The number of nitro benzene ring substituents is 1. The number of quaternary nitrogens is 1. The number of rotatable bonds is 10. The van der Waals surface area contributed by atoms with E-state index in [1.807, 2.05) is 0 Å². The van der Waals surface area contributed by atoms with Crippen LogP contribution in [0.2, 0.25) is 0 Å². The van der Waals surface area contributed by atoms with E-state index in [0.29, 0.717) is 23.3 Å². The Labute approximate surface area is 183 Å². The molecule has 0 unspecified atom stereocenters. The molecule has 1 heterocycles. The van der Waals surface area contributed by atoms with Crippen LogP contribution in [0.1, 0.15) is 69.6 Å². The first-order chi connectivity index (χ1) is 14.9. The van der Waals surface area contributed by atoms with E-state index in [-0.39, 0.29) is 17.8 Å². The Kier molecular flexibility index (Phi) is 7.52. The summed E-state index contributed by atoms with van der Waals surface area (Å²) >= 11 is 0. The molecule has 2 atom stereocenters. The van der Waals surface area contributed by atoms with Crippen molar-refractivity contribution in [3.05, 3.63) is 75.7 Å². The van der Waals surface area contributed by atoms with Gasteiger partial charge in [-0.15, -0.1) is 10.2 Å². The summed E-state index contributed by atoms with van der Waals surface area (Å²) in [5.41, 5.74) is 3.37. The standard InChI is InChI=1S/C24H30N4O3/c1-5-6-7-18-8-10-19(11-9-18)22(16(2)3)25-17(4)23-26-27-24(31-23)20-12-14-21(15-13-20)28(29)30/h8-17,22,25H,5-7H2,1-4H3/p+1/t17-,22+/m1/s1. The molecule has 2 aromatic carbocycles. The Bertz CT molecular complexity index is 981. The molecule has 7 nitrogen and oxygen atoms in total. The van der Waals surface area contributed by atoms with Crippen molar-refractivity contribution in [1.82, 2.24) is 10.2 Å². The van der Waals surface area contributed by atoms with Gasteiger partial charge in [-0.1, -0.05) is 51.5 Å². The van der Waals surface area contributed by atoms with Crippen molar-refractivity contribution in [3.8, 4) is 11.5 Å². The topological polar surface area (TPSA) is 98.7 Å². The lowest BCUT2D eigenvalue weighted by molar-refractivity contribution is -0.739. The Morgan fingerprint density at radius 1 is 1.03 bits per heavy atom. The normalized spacial score (nSPS) is 13.3. The molecule has 0 bridgehead atoms. The smallest absolute Gasteiger partial charge is 0.274 e. The summed E-state index contributed by atoms with van der Waals surface area (Å²) in [6.45, 7) is 8.70. The maximum Gasteiger partial charge on any atom is 0.274 e. The summed E-state index contributed by atoms with van der Waals surface area (Å²) in [5, 5.41) is 21.5. The second-order valence-corrected chi connectivity index (χ2v) is 8.35. The monoisotopic (exact) mass is 423 g/mol. The van der Waals surface area contributed by atoms with Crippen LogP contribution in [-0.2, 0) is 6.42 Å². The number of non-ortho nitro benzene ring substituents is 1. The lowest BCUT2D eigenvalue weighted by atomic mass is 9.94. The summed E-state index contributed by atoms with van der Waals surface area (Å²) in [4.78, 5) is 10.4. The van der Waals surface area contributed by atoms with Crippen LogP contribution in [0.15, 0.2) is 52.9 Å². The summed E-state index contributed by atoms with van der Waals surface area (Å²) in [5.74, 6) is 1.34. The van der Waals surface area contributed by atoms with Crippen molar-refractivity contribution in [2.45, 2.75) is 59.0 Å². The minimum Gasteiger partial charge on any atom is -0.415 e. The van der Waals surface area contributed by atoms with Gasteiger partial charge in [0.05, 0.1) is 4.92 Å². The number of nitrogens with zero attached hydrogens (tertiary/aromatic N) is 3. The van der Waals surface area contributed by atoms with Gasteiger partial charge in [0.25, 0.3) is 11.6 Å². The van der Waals surface area contributed by atoms with Gasteiger partial charge in [0.15, 0.2) is 6.04 Å². The van der Waals surface area contributed by atoms with Gasteiger partial charge in [0, 0.05) is 29.2 Å². The predicted molar refractivity (Wildman–Crippen MR) is 119 cm³/mol. The molecule has 0 aliphatic heterocycles. The molecule has 0 aliphatic rings. The van der Waals surface area contributed by atoms with Crippen LogP contribution in [0.3, 0.4) is 0 Å². The van der Waals surface area contributed by atoms with Crippen molar-refractivity contribution in [3.63, 3.8) is 0 Å². The number of aryl methyl sites for hydroxylation is 1. The lowest BCUT2D eigenvalue weighted by Gasteiger charge is -2.22. The third kappa shape index (κ3) is 5.76. The Balaban J connectivity index is 1.71. The zero-order valence-corrected chi connectivity index (χ0v) is 18.6. The van der Waals surface area contributed by atoms with E-state index in [2.05, 4.69) is 67.5 Å². The van der Waals surface area contributed by atoms with E-state index in [0.717, 1.165) is 6.42 Å². The van der Waals surface area contributed by atoms with Crippen LogP contribution in [-0.4, -0.2) is 15.1 Å². The van der Waals surface area contributed by atoms with Gasteiger partial charge < -0.3 is 9.73 Å². The van der Waals surface area contributed by atoms with E-state index in [4.69, 9.17) is 4.42 Å². The molecule has 0 aliphatic carbocycles. The average Bonchev–Trinajstić information content (AvgIpc) is 3.26. The molecular formula is C24H31N4O3+. The highest BCUT2D eigenvalue weighted by Crippen LogP contribution is 2.24. The Morgan fingerprint density at radius 2 is 1.71 bits per heavy atom. The largest absolute Gasteiger partial charge is 0.415 e. The molecule has 0 fully saturated rings. The highest BCUT2D eigenvalue weighted by Gasteiger charge is 2.26. The number of nitrogens with two attached hydrogens (primary N) is 1. The lowest BCUT2D eigenvalue weighted by Crippen LogP contribution is -2.86. The summed E-state index contributed by atoms with van der Waals surface area (Å²) in [7, 11) is 0. The average molecular weight is 424 g/mol. The van der Waals surface area contributed by atoms with Gasteiger partial charge in [-0.25, -0.2) is 0 Å². The highest BCUT2D eigenvalue weighted by atomic mass is 16.6. The van der Waals surface area contributed by atoms with Gasteiger partial charge >= 0.3 is 0 Å². The second-order valence-electron chi connectivity index (χ2n) is 8.35. The summed E-state index contributed by atoms with van der Waals surface area (Å²) < 4.78 is 5.89. The number of unbranched alkanes of at least 4 members (excludes halogenated alkanes) is 1. The molecule has 7 heteroatoms. The van der Waals surface area contributed by atoms with Gasteiger partial charge in [-0.2, -0.15) is 0 Å². The third-order valence-corrected chi connectivity index (χ3v) is 5.55. The maximum absolute atomic E-state index is 10.8. The van der Waals surface area contributed by atoms with Crippen LogP contribution in [0, 0.1) is 16.0 Å². The van der Waals surface area contributed by atoms with Crippen LogP contribution < -0.4 is 5.32 Å². The number of hydrogen-bond acceptors (Lipinski definition) is 5. The van der Waals surface area contributed by atoms with E-state index >= 15 is 0 Å². The molecule has 0 saturated heterocycles. The van der Waals surface area contributed by atoms with Crippen LogP contribution in [0.5, 0.6) is 0 Å². The van der Waals surface area contributed by atoms with Gasteiger partial charge in [0.1, 0.15) is 6.04 Å². The second kappa shape index (κ2) is 10.3. The zero-order valence-electron chi connectivity index (χ0n) is 18.6. The molecule has 3 aromatic rings. The Morgan fingerprint density at radius 3 is 2.29 bits per heavy atom. The molecular weight excluding hydrogens is 392 g/mol. The number of aromatic nitrogens is 2. The van der Waals surface area contributed by atoms with Crippen molar-refractivity contribution >= 4 is 5.69 Å². The number of nitro groups is 1. The van der Waals surface area contributed by atoms with Gasteiger partial charge in [-0.3, -0.25) is 10.1 Å². The molecule has 0 amide bonds. The van der Waals surface area contributed by atoms with Crippen molar-refractivity contribution in [2.75, 3.05) is 0 Å². The first-order valence-corrected chi connectivity index (χ1v) is 10.9. The molecule has 31 heavy (non-hydrogen) atoms. The highest BCUT2D eigenvalue weighted by molar-refractivity contribution is 5.55. The SMILES string of the molecule is CCCCc1ccc([C@@H]([NH2+][C@H](C)c2nnc(-c3ccc([N+](=O)[O-])cc3)o2)C(C)C)cc1. The first-order valence-electron chi connectivity index (χ1n) is 10.9. The fraction of sp³-hybridized carbons (Fsp3) is 0.417. The van der Waals surface area contributed by atoms with Crippen molar-refractivity contribution < 1.29 is 14.7 Å². The van der Waals surface area contributed by atoms with Gasteiger partial charge in [-0.05, 0) is 37.5 Å². The number of benzene rings is 2. The minimum absolute atomic E-state index is 0.0218. The van der Waals surface area contributed by atoms with Crippen molar-refractivity contribution in [2.24, 2.45) is 5.92 Å². The van der Waals surface area contributed by atoms with Crippen LogP contribution in [0.25, 0.3) is 11.5 Å². The van der Waals surface area contributed by atoms with Gasteiger partial charge in [0.2, 0.25) is 5.89 Å². The summed E-state index contributed by atoms with van der Waals surface area (Å²) in [6, 6.07) is 15.3. The van der Waals surface area contributed by atoms with E-state index < -0.39 is 4.92 Å². The van der Waals surface area contributed by atoms with Crippen LogP contribution >= 0.6 is 0 Å².